The lowest BCUT2D eigenvalue weighted by Gasteiger charge is -1.96. The van der Waals surface area contributed by atoms with Gasteiger partial charge >= 0.3 is 7.12 Å². The molecule has 0 saturated carbocycles. The van der Waals surface area contributed by atoms with Crippen molar-refractivity contribution >= 4 is 29.5 Å². The number of carbonyl (C=O) groups excluding carboxylic acids is 1. The summed E-state index contributed by atoms with van der Waals surface area (Å²) in [5, 5.41) is 17.8. The molecule has 0 aliphatic heterocycles. The minimum Gasteiger partial charge on any atom is -0.423 e. The van der Waals surface area contributed by atoms with E-state index in [1.54, 1.807) is 6.07 Å². The maximum atomic E-state index is 10.4. The van der Waals surface area contributed by atoms with Gasteiger partial charge in [-0.2, -0.15) is 0 Å². The Balaban J connectivity index is 3.07. The van der Waals surface area contributed by atoms with Gasteiger partial charge in [0.1, 0.15) is 0 Å². The lowest BCUT2D eigenvalue weighted by molar-refractivity contribution is 0.112. The first-order valence-electron chi connectivity index (χ1n) is 3.63. The smallest absolute Gasteiger partial charge is 0.423 e. The Kier molecular flexibility index (Phi) is 3.02. The van der Waals surface area contributed by atoms with Crippen molar-refractivity contribution in [3.8, 4) is 0 Å². The fourth-order valence-corrected chi connectivity index (χ4v) is 1.96. The van der Waals surface area contributed by atoms with Gasteiger partial charge in [-0.25, -0.2) is 0 Å². The first-order valence-corrected chi connectivity index (χ1v) is 4.44. The van der Waals surface area contributed by atoms with Crippen molar-refractivity contribution in [1.82, 2.24) is 0 Å². The third-order valence-electron chi connectivity index (χ3n) is 1.59. The number of hydrogen-bond acceptors (Lipinski definition) is 4. The molecule has 64 valence electrons. The molecule has 0 atom stereocenters. The molecule has 1 rings (SSSR count). The van der Waals surface area contributed by atoms with Crippen LogP contribution in [0.1, 0.15) is 22.2 Å². The Morgan fingerprint density at radius 1 is 1.67 bits per heavy atom. The SMILES string of the molecule is CCc1cc(C=O)sc1B(O)O. The van der Waals surface area contributed by atoms with Crippen molar-refractivity contribution in [2.75, 3.05) is 0 Å². The summed E-state index contributed by atoms with van der Waals surface area (Å²) in [4.78, 5) is 10.9. The van der Waals surface area contributed by atoms with E-state index >= 15 is 0 Å². The molecule has 1 aromatic rings. The van der Waals surface area contributed by atoms with Crippen LogP contribution >= 0.6 is 11.3 Å². The number of rotatable bonds is 3. The number of thiophene rings is 1. The molecule has 0 bridgehead atoms. The van der Waals surface area contributed by atoms with Crippen molar-refractivity contribution in [3.63, 3.8) is 0 Å². The van der Waals surface area contributed by atoms with Crippen LogP contribution in [-0.4, -0.2) is 23.5 Å². The lowest BCUT2D eigenvalue weighted by Crippen LogP contribution is -2.29. The van der Waals surface area contributed by atoms with Crippen molar-refractivity contribution in [1.29, 1.82) is 0 Å². The van der Waals surface area contributed by atoms with E-state index in [1.165, 1.54) is 0 Å². The molecule has 5 heteroatoms. The fraction of sp³-hybridized carbons (Fsp3) is 0.286. The number of hydrogen-bond donors (Lipinski definition) is 2. The highest BCUT2D eigenvalue weighted by molar-refractivity contribution is 7.23. The monoisotopic (exact) mass is 184 g/mol. The number of aldehydes is 1. The average molecular weight is 184 g/mol. The number of aryl methyl sites for hydroxylation is 1. The van der Waals surface area contributed by atoms with E-state index in [0.717, 1.165) is 23.2 Å². The summed E-state index contributed by atoms with van der Waals surface area (Å²) in [5.41, 5.74) is 0.831. The van der Waals surface area contributed by atoms with E-state index in [-0.39, 0.29) is 0 Å². The summed E-state index contributed by atoms with van der Waals surface area (Å²) in [6.07, 6.45) is 1.42. The zero-order chi connectivity index (χ0) is 9.14. The highest BCUT2D eigenvalue weighted by Gasteiger charge is 2.18. The molecule has 2 N–H and O–H groups in total. The van der Waals surface area contributed by atoms with E-state index in [2.05, 4.69) is 0 Å². The van der Waals surface area contributed by atoms with E-state index in [1.807, 2.05) is 6.92 Å². The Bertz CT molecular complexity index is 282. The number of carbonyl (C=O) groups is 1. The molecular weight excluding hydrogens is 175 g/mol. The lowest BCUT2D eigenvalue weighted by atomic mass is 9.85. The van der Waals surface area contributed by atoms with Gasteiger partial charge in [0.2, 0.25) is 0 Å². The minimum absolute atomic E-state index is 0.472. The fourth-order valence-electron chi connectivity index (χ4n) is 1.02. The van der Waals surface area contributed by atoms with Gasteiger partial charge in [-0.1, -0.05) is 6.92 Å². The second-order valence-corrected chi connectivity index (χ2v) is 3.50. The summed E-state index contributed by atoms with van der Waals surface area (Å²) in [5.74, 6) is 0. The van der Waals surface area contributed by atoms with Crippen molar-refractivity contribution in [3.05, 3.63) is 16.5 Å². The summed E-state index contributed by atoms with van der Waals surface area (Å²) in [6.45, 7) is 1.91. The molecule has 12 heavy (non-hydrogen) atoms. The average Bonchev–Trinajstić information content (AvgIpc) is 2.47. The van der Waals surface area contributed by atoms with Crippen LogP contribution in [0.3, 0.4) is 0 Å². The summed E-state index contributed by atoms with van der Waals surface area (Å²) in [7, 11) is -1.46. The zero-order valence-electron chi connectivity index (χ0n) is 6.65. The van der Waals surface area contributed by atoms with Gasteiger partial charge in [-0.3, -0.25) is 4.79 Å². The van der Waals surface area contributed by atoms with E-state index < -0.39 is 7.12 Å². The van der Waals surface area contributed by atoms with Crippen molar-refractivity contribution in [2.24, 2.45) is 0 Å². The molecule has 0 unspecified atom stereocenters. The molecule has 0 radical (unpaired) electrons. The highest BCUT2D eigenvalue weighted by Crippen LogP contribution is 2.10. The topological polar surface area (TPSA) is 57.5 Å². The summed E-state index contributed by atoms with van der Waals surface area (Å²) in [6, 6.07) is 1.69. The first kappa shape index (κ1) is 9.44. The standard InChI is InChI=1S/C7H9BO3S/c1-2-5-3-6(4-9)12-7(5)8(10)11/h3-4,10-11H,2H2,1H3. The van der Waals surface area contributed by atoms with Crippen LogP contribution in [0.25, 0.3) is 0 Å². The second kappa shape index (κ2) is 3.84. The molecule has 0 spiro atoms. The molecule has 0 aliphatic carbocycles. The molecule has 0 fully saturated rings. The summed E-state index contributed by atoms with van der Waals surface area (Å²) >= 11 is 1.12. The van der Waals surface area contributed by atoms with Gasteiger partial charge in [-0.15, -0.1) is 11.3 Å². The molecule has 0 amide bonds. The van der Waals surface area contributed by atoms with Crippen molar-refractivity contribution < 1.29 is 14.8 Å². The van der Waals surface area contributed by atoms with Crippen LogP contribution in [0.2, 0.25) is 0 Å². The second-order valence-electron chi connectivity index (χ2n) is 2.38. The van der Waals surface area contributed by atoms with Gasteiger partial charge in [0.15, 0.2) is 6.29 Å². The zero-order valence-corrected chi connectivity index (χ0v) is 7.47. The van der Waals surface area contributed by atoms with Crippen LogP contribution in [-0.2, 0) is 6.42 Å². The van der Waals surface area contributed by atoms with Gasteiger partial charge in [0.25, 0.3) is 0 Å². The first-order chi connectivity index (χ1) is 5.69. The predicted octanol–water partition coefficient (Wildman–Crippen LogP) is -0.197. The third kappa shape index (κ3) is 1.74. The van der Waals surface area contributed by atoms with Crippen LogP contribution in [0, 0.1) is 0 Å². The van der Waals surface area contributed by atoms with Crippen LogP contribution < -0.4 is 4.78 Å². The third-order valence-corrected chi connectivity index (χ3v) is 2.74. The molecular formula is C7H9BO3S. The molecule has 3 nitrogen and oxygen atoms in total. The van der Waals surface area contributed by atoms with Crippen molar-refractivity contribution in [2.45, 2.75) is 13.3 Å². The predicted molar refractivity (Wildman–Crippen MR) is 48.9 cm³/mol. The highest BCUT2D eigenvalue weighted by atomic mass is 32.1. The molecule has 0 aliphatic rings. The molecule has 1 heterocycles. The Hall–Kier alpha value is -0.645. The van der Waals surface area contributed by atoms with Crippen LogP contribution in [0.5, 0.6) is 0 Å². The maximum absolute atomic E-state index is 10.4. The van der Waals surface area contributed by atoms with Gasteiger partial charge in [0.05, 0.1) is 4.88 Å². The van der Waals surface area contributed by atoms with E-state index in [0.29, 0.717) is 16.1 Å². The Labute approximate surface area is 74.8 Å². The normalized spacial score (nSPS) is 9.92. The molecule has 0 aromatic carbocycles. The molecule has 0 saturated heterocycles. The largest absolute Gasteiger partial charge is 0.499 e. The quantitative estimate of drug-likeness (QED) is 0.505. The van der Waals surface area contributed by atoms with Gasteiger partial charge < -0.3 is 10.0 Å². The Morgan fingerprint density at radius 3 is 2.67 bits per heavy atom. The Morgan fingerprint density at radius 2 is 2.33 bits per heavy atom. The van der Waals surface area contributed by atoms with Gasteiger partial charge in [-0.05, 0) is 18.1 Å². The van der Waals surface area contributed by atoms with Gasteiger partial charge in [0, 0.05) is 4.78 Å². The van der Waals surface area contributed by atoms with Crippen LogP contribution in [0.15, 0.2) is 6.07 Å². The summed E-state index contributed by atoms with van der Waals surface area (Å²) < 4.78 is 0.472. The van der Waals surface area contributed by atoms with E-state index in [9.17, 15) is 4.79 Å². The molecule has 1 aromatic heterocycles. The maximum Gasteiger partial charge on any atom is 0.499 e. The van der Waals surface area contributed by atoms with E-state index in [4.69, 9.17) is 10.0 Å². The van der Waals surface area contributed by atoms with Crippen LogP contribution in [0.4, 0.5) is 0 Å². The minimum atomic E-state index is -1.46.